The molecule has 1 aliphatic rings. The molecule has 3 rings (SSSR count). The van der Waals surface area contributed by atoms with Crippen molar-refractivity contribution in [3.63, 3.8) is 0 Å². The Balaban J connectivity index is 0.00000280. The minimum absolute atomic E-state index is 0. The zero-order chi connectivity index (χ0) is 19.1. The maximum absolute atomic E-state index is 5.66. The largest absolute Gasteiger partial charge is 0.496 e. The Kier molecular flexibility index (Phi) is 9.01. The quantitative estimate of drug-likeness (QED) is 0.321. The van der Waals surface area contributed by atoms with Gasteiger partial charge in [0, 0.05) is 35.1 Å². The van der Waals surface area contributed by atoms with Gasteiger partial charge >= 0.3 is 0 Å². The minimum atomic E-state index is 0. The third-order valence-corrected chi connectivity index (χ3v) is 6.12. The molecule has 0 aliphatic heterocycles. The van der Waals surface area contributed by atoms with Crippen molar-refractivity contribution >= 4 is 41.3 Å². The van der Waals surface area contributed by atoms with Crippen LogP contribution in [-0.2, 0) is 12.0 Å². The summed E-state index contributed by atoms with van der Waals surface area (Å²) in [5.74, 6) is 1.84. The molecule has 7 heteroatoms. The van der Waals surface area contributed by atoms with Crippen LogP contribution in [0.4, 0.5) is 0 Å². The van der Waals surface area contributed by atoms with E-state index in [9.17, 15) is 0 Å². The third-order valence-electron chi connectivity index (χ3n) is 5.22. The lowest BCUT2D eigenvalue weighted by Gasteiger charge is -2.32. The zero-order valence-corrected chi connectivity index (χ0v) is 20.1. The molecule has 154 valence electrons. The molecule has 2 N–H and O–H groups in total. The number of rotatable bonds is 7. The molecule has 5 nitrogen and oxygen atoms in total. The van der Waals surface area contributed by atoms with E-state index in [4.69, 9.17) is 9.73 Å². The van der Waals surface area contributed by atoms with Crippen LogP contribution in [0.5, 0.6) is 5.75 Å². The second-order valence-corrected chi connectivity index (χ2v) is 8.42. The van der Waals surface area contributed by atoms with Crippen LogP contribution in [0.15, 0.2) is 35.5 Å². The Morgan fingerprint density at radius 3 is 2.64 bits per heavy atom. The van der Waals surface area contributed by atoms with Gasteiger partial charge in [-0.3, -0.25) is 0 Å². The Morgan fingerprint density at radius 2 is 2.00 bits per heavy atom. The fourth-order valence-electron chi connectivity index (χ4n) is 3.89. The molecule has 2 aromatic rings. The topological polar surface area (TPSA) is 58.5 Å². The van der Waals surface area contributed by atoms with E-state index in [1.54, 1.807) is 18.4 Å². The van der Waals surface area contributed by atoms with Gasteiger partial charge in [0.25, 0.3) is 0 Å². The monoisotopic (exact) mass is 514 g/mol. The second-order valence-electron chi connectivity index (χ2n) is 7.10. The van der Waals surface area contributed by atoms with Crippen molar-refractivity contribution in [2.75, 3.05) is 20.2 Å². The van der Waals surface area contributed by atoms with Crippen LogP contribution in [0.2, 0.25) is 0 Å². The van der Waals surface area contributed by atoms with Crippen LogP contribution in [0, 0.1) is 6.92 Å². The first-order valence-electron chi connectivity index (χ1n) is 9.74. The van der Waals surface area contributed by atoms with E-state index < -0.39 is 0 Å². The number of nitrogens with one attached hydrogen (secondary N) is 2. The Hall–Kier alpha value is -1.35. The van der Waals surface area contributed by atoms with Crippen molar-refractivity contribution in [2.24, 2.45) is 4.99 Å². The van der Waals surface area contributed by atoms with Crippen LogP contribution in [0.3, 0.4) is 0 Å². The van der Waals surface area contributed by atoms with E-state index >= 15 is 0 Å². The highest BCUT2D eigenvalue weighted by molar-refractivity contribution is 14.0. The van der Waals surface area contributed by atoms with Crippen LogP contribution < -0.4 is 15.4 Å². The molecule has 0 spiro atoms. The maximum atomic E-state index is 5.66. The highest BCUT2D eigenvalue weighted by atomic mass is 127. The lowest BCUT2D eigenvalue weighted by molar-refractivity contribution is 0.371. The Bertz CT molecular complexity index is 771. The third kappa shape index (κ3) is 5.59. The second kappa shape index (κ2) is 11.0. The number of ether oxygens (including phenoxy) is 1. The molecular weight excluding hydrogens is 483 g/mol. The van der Waals surface area contributed by atoms with Gasteiger partial charge in [0.1, 0.15) is 10.8 Å². The summed E-state index contributed by atoms with van der Waals surface area (Å²) in [7, 11) is 1.76. The number of aliphatic imine (C=N–C) groups is 1. The van der Waals surface area contributed by atoms with Crippen LogP contribution >= 0.6 is 35.3 Å². The molecule has 1 aromatic heterocycles. The van der Waals surface area contributed by atoms with Crippen molar-refractivity contribution in [3.8, 4) is 5.75 Å². The van der Waals surface area contributed by atoms with Gasteiger partial charge in [0.2, 0.25) is 0 Å². The number of aromatic nitrogens is 1. The predicted octanol–water partition coefficient (Wildman–Crippen LogP) is 4.65. The summed E-state index contributed by atoms with van der Waals surface area (Å²) < 4.78 is 5.66. The molecule has 1 aliphatic carbocycles. The number of halogens is 1. The Morgan fingerprint density at radius 1 is 1.25 bits per heavy atom. The van der Waals surface area contributed by atoms with Gasteiger partial charge in [-0.05, 0) is 32.8 Å². The standard InChI is InChI=1S/C21H30N4OS.HI/c1-4-22-20(24-14-19-23-13-16(2)27-19)25-15-21(11-7-8-12-21)17-9-5-6-10-18(17)26-3;/h5-6,9-10,13H,4,7-8,11-12,14-15H2,1-3H3,(H2,22,24,25);1H. The first-order valence-corrected chi connectivity index (χ1v) is 10.6. The molecule has 1 aromatic carbocycles. The molecule has 1 heterocycles. The summed E-state index contributed by atoms with van der Waals surface area (Å²) in [5, 5.41) is 8.00. The molecule has 0 bridgehead atoms. The van der Waals surface area contributed by atoms with Gasteiger partial charge in [-0.1, -0.05) is 31.0 Å². The molecular formula is C21H31IN4OS. The van der Waals surface area contributed by atoms with Crippen LogP contribution in [0.1, 0.15) is 48.1 Å². The number of thiazole rings is 1. The highest BCUT2D eigenvalue weighted by Gasteiger charge is 2.37. The summed E-state index contributed by atoms with van der Waals surface area (Å²) in [6, 6.07) is 8.44. The van der Waals surface area contributed by atoms with Crippen molar-refractivity contribution < 1.29 is 4.74 Å². The van der Waals surface area contributed by atoms with Crippen molar-refractivity contribution in [1.82, 2.24) is 15.6 Å². The van der Waals surface area contributed by atoms with E-state index in [1.165, 1.54) is 36.1 Å². The maximum Gasteiger partial charge on any atom is 0.191 e. The number of hydrogen-bond acceptors (Lipinski definition) is 4. The number of methoxy groups -OCH3 is 1. The van der Waals surface area contributed by atoms with E-state index in [-0.39, 0.29) is 29.4 Å². The van der Waals surface area contributed by atoms with E-state index in [1.807, 2.05) is 12.3 Å². The molecule has 1 fully saturated rings. The first-order chi connectivity index (χ1) is 13.2. The first kappa shape index (κ1) is 22.9. The lowest BCUT2D eigenvalue weighted by Crippen LogP contribution is -2.44. The lowest BCUT2D eigenvalue weighted by atomic mass is 9.78. The average molecular weight is 514 g/mol. The number of aryl methyl sites for hydroxylation is 1. The Labute approximate surface area is 189 Å². The number of para-hydroxylation sites is 1. The molecule has 1 saturated carbocycles. The van der Waals surface area contributed by atoms with Crippen LogP contribution in [0.25, 0.3) is 0 Å². The molecule has 0 saturated heterocycles. The molecule has 0 unspecified atom stereocenters. The fourth-order valence-corrected chi connectivity index (χ4v) is 4.60. The molecule has 0 amide bonds. The number of hydrogen-bond donors (Lipinski definition) is 2. The van der Waals surface area contributed by atoms with E-state index in [0.717, 1.165) is 29.8 Å². The average Bonchev–Trinajstić information content (AvgIpc) is 3.34. The van der Waals surface area contributed by atoms with Gasteiger partial charge < -0.3 is 15.4 Å². The highest BCUT2D eigenvalue weighted by Crippen LogP contribution is 2.44. The van der Waals surface area contributed by atoms with Gasteiger partial charge in [0.15, 0.2) is 5.96 Å². The zero-order valence-electron chi connectivity index (χ0n) is 17.0. The van der Waals surface area contributed by atoms with Crippen molar-refractivity contribution in [3.05, 3.63) is 45.9 Å². The van der Waals surface area contributed by atoms with Gasteiger partial charge in [-0.2, -0.15) is 0 Å². The summed E-state index contributed by atoms with van der Waals surface area (Å²) >= 11 is 1.70. The number of benzene rings is 1. The minimum Gasteiger partial charge on any atom is -0.496 e. The van der Waals surface area contributed by atoms with E-state index in [2.05, 4.69) is 47.7 Å². The van der Waals surface area contributed by atoms with Crippen molar-refractivity contribution in [1.29, 1.82) is 0 Å². The van der Waals surface area contributed by atoms with Gasteiger partial charge in [-0.15, -0.1) is 35.3 Å². The molecule has 28 heavy (non-hydrogen) atoms. The normalized spacial score (nSPS) is 15.8. The molecule has 0 atom stereocenters. The molecule has 0 radical (unpaired) electrons. The number of guanidine groups is 1. The van der Waals surface area contributed by atoms with Gasteiger partial charge in [0.05, 0.1) is 13.7 Å². The summed E-state index contributed by atoms with van der Waals surface area (Å²) in [4.78, 5) is 10.4. The number of nitrogens with zero attached hydrogens (tertiary/aromatic N) is 2. The predicted molar refractivity (Wildman–Crippen MR) is 128 cm³/mol. The van der Waals surface area contributed by atoms with Crippen LogP contribution in [-0.4, -0.2) is 31.1 Å². The van der Waals surface area contributed by atoms with E-state index in [0.29, 0.717) is 6.54 Å². The summed E-state index contributed by atoms with van der Waals surface area (Å²) in [6.07, 6.45) is 6.76. The van der Waals surface area contributed by atoms with Gasteiger partial charge in [-0.25, -0.2) is 9.98 Å². The van der Waals surface area contributed by atoms with Crippen molar-refractivity contribution in [2.45, 2.75) is 51.5 Å². The smallest absolute Gasteiger partial charge is 0.191 e. The fraction of sp³-hybridized carbons (Fsp3) is 0.524. The summed E-state index contributed by atoms with van der Waals surface area (Å²) in [5.41, 5.74) is 1.41. The summed E-state index contributed by atoms with van der Waals surface area (Å²) in [6.45, 7) is 6.47. The SMILES string of the molecule is CCNC(=NCc1ncc(C)s1)NCC1(c2ccccc2OC)CCCC1.I.